The van der Waals surface area contributed by atoms with Crippen molar-refractivity contribution < 1.29 is 17.9 Å². The van der Waals surface area contributed by atoms with Gasteiger partial charge in [-0.3, -0.25) is 0 Å². The number of ether oxygens (including phenoxy) is 1. The average molecular weight is 247 g/mol. The molecule has 0 bridgehead atoms. The van der Waals surface area contributed by atoms with Gasteiger partial charge in [0.1, 0.15) is 0 Å². The second-order valence-corrected chi connectivity index (χ2v) is 4.05. The van der Waals surface area contributed by atoms with Crippen molar-refractivity contribution in [2.24, 2.45) is 0 Å². The SMILES string of the molecule is CN(C)CCOCc1cccc(C(F)(F)F)c1. The van der Waals surface area contributed by atoms with Crippen LogP contribution in [0, 0.1) is 0 Å². The van der Waals surface area contributed by atoms with Gasteiger partial charge in [-0.25, -0.2) is 0 Å². The van der Waals surface area contributed by atoms with E-state index in [0.717, 1.165) is 18.7 Å². The number of nitrogens with zero attached hydrogens (tertiary/aromatic N) is 1. The number of hydrogen-bond acceptors (Lipinski definition) is 2. The summed E-state index contributed by atoms with van der Waals surface area (Å²) >= 11 is 0. The van der Waals surface area contributed by atoms with E-state index in [1.54, 1.807) is 6.07 Å². The molecule has 2 nitrogen and oxygen atoms in total. The molecule has 0 spiro atoms. The molecule has 1 aromatic rings. The molecular formula is C12H16F3NO. The molecule has 5 heteroatoms. The molecule has 0 atom stereocenters. The maximum absolute atomic E-state index is 12.4. The molecule has 1 rings (SSSR count). The number of hydrogen-bond donors (Lipinski definition) is 0. The first-order valence-corrected chi connectivity index (χ1v) is 5.28. The van der Waals surface area contributed by atoms with Crippen molar-refractivity contribution >= 4 is 0 Å². The standard InChI is InChI=1S/C12H16F3NO/c1-16(2)6-7-17-9-10-4-3-5-11(8-10)12(13,14)15/h3-5,8H,6-7,9H2,1-2H3. The fraction of sp³-hybridized carbons (Fsp3) is 0.500. The summed E-state index contributed by atoms with van der Waals surface area (Å²) in [7, 11) is 3.82. The molecule has 1 aromatic carbocycles. The Morgan fingerprint density at radius 2 is 1.94 bits per heavy atom. The minimum Gasteiger partial charge on any atom is -0.375 e. The van der Waals surface area contributed by atoms with Crippen LogP contribution in [-0.4, -0.2) is 32.1 Å². The Hall–Kier alpha value is -1.07. The maximum Gasteiger partial charge on any atom is 0.416 e. The summed E-state index contributed by atoms with van der Waals surface area (Å²) in [6, 6.07) is 5.21. The molecule has 0 aliphatic rings. The van der Waals surface area contributed by atoms with Crippen LogP contribution >= 0.6 is 0 Å². The fourth-order valence-electron chi connectivity index (χ4n) is 1.27. The zero-order valence-corrected chi connectivity index (χ0v) is 9.92. The van der Waals surface area contributed by atoms with Gasteiger partial charge >= 0.3 is 6.18 Å². The van der Waals surface area contributed by atoms with E-state index in [0.29, 0.717) is 12.2 Å². The number of halogens is 3. The molecule has 0 saturated carbocycles. The lowest BCUT2D eigenvalue weighted by Gasteiger charge is -2.11. The lowest BCUT2D eigenvalue weighted by Crippen LogP contribution is -2.18. The highest BCUT2D eigenvalue weighted by molar-refractivity contribution is 5.25. The molecule has 17 heavy (non-hydrogen) atoms. The number of rotatable bonds is 5. The van der Waals surface area contributed by atoms with Crippen LogP contribution in [-0.2, 0) is 17.5 Å². The summed E-state index contributed by atoms with van der Waals surface area (Å²) in [5.41, 5.74) is -0.0928. The lowest BCUT2D eigenvalue weighted by atomic mass is 10.1. The lowest BCUT2D eigenvalue weighted by molar-refractivity contribution is -0.137. The first kappa shape index (κ1) is 14.0. The largest absolute Gasteiger partial charge is 0.416 e. The minimum atomic E-state index is -4.29. The smallest absolute Gasteiger partial charge is 0.375 e. The van der Waals surface area contributed by atoms with Crippen LogP contribution in [0.15, 0.2) is 24.3 Å². The van der Waals surface area contributed by atoms with E-state index in [2.05, 4.69) is 0 Å². The summed E-state index contributed by atoms with van der Waals surface area (Å²) < 4.78 is 42.5. The van der Waals surface area contributed by atoms with Crippen LogP contribution in [0.3, 0.4) is 0 Å². The summed E-state index contributed by atoms with van der Waals surface area (Å²) in [5.74, 6) is 0. The van der Waals surface area contributed by atoms with Gasteiger partial charge in [0, 0.05) is 6.54 Å². The van der Waals surface area contributed by atoms with E-state index in [1.807, 2.05) is 19.0 Å². The molecular weight excluding hydrogens is 231 g/mol. The second kappa shape index (κ2) is 6.02. The zero-order chi connectivity index (χ0) is 12.9. The van der Waals surface area contributed by atoms with Gasteiger partial charge in [0.05, 0.1) is 18.8 Å². The van der Waals surface area contributed by atoms with Gasteiger partial charge < -0.3 is 9.64 Å². The molecule has 0 unspecified atom stereocenters. The van der Waals surface area contributed by atoms with Crippen molar-refractivity contribution in [1.29, 1.82) is 0 Å². The Morgan fingerprint density at radius 3 is 2.53 bits per heavy atom. The highest BCUT2D eigenvalue weighted by atomic mass is 19.4. The van der Waals surface area contributed by atoms with Crippen molar-refractivity contribution in [3.63, 3.8) is 0 Å². The normalized spacial score (nSPS) is 12.1. The number of benzene rings is 1. The Bertz CT molecular complexity index is 350. The number of alkyl halides is 3. The molecule has 0 aliphatic carbocycles. The van der Waals surface area contributed by atoms with Crippen LogP contribution < -0.4 is 0 Å². The van der Waals surface area contributed by atoms with Crippen LogP contribution in [0.5, 0.6) is 0 Å². The van der Waals surface area contributed by atoms with Crippen molar-refractivity contribution in [2.45, 2.75) is 12.8 Å². The predicted octanol–water partition coefficient (Wildman–Crippen LogP) is 2.78. The van der Waals surface area contributed by atoms with Crippen molar-refractivity contribution in [2.75, 3.05) is 27.2 Å². The second-order valence-electron chi connectivity index (χ2n) is 4.05. The zero-order valence-electron chi connectivity index (χ0n) is 9.92. The van der Waals surface area contributed by atoms with Crippen molar-refractivity contribution in [1.82, 2.24) is 4.90 Å². The third-order valence-electron chi connectivity index (χ3n) is 2.21. The molecule has 0 aliphatic heterocycles. The Balaban J connectivity index is 2.49. The molecule has 0 fully saturated rings. The van der Waals surface area contributed by atoms with Gasteiger partial charge in [0.2, 0.25) is 0 Å². The molecule has 0 aromatic heterocycles. The molecule has 0 heterocycles. The maximum atomic E-state index is 12.4. The number of likely N-dealkylation sites (N-methyl/N-ethyl adjacent to an activating group) is 1. The Labute approximate surface area is 99.0 Å². The van der Waals surface area contributed by atoms with E-state index in [4.69, 9.17) is 4.74 Å². The third-order valence-corrected chi connectivity index (χ3v) is 2.21. The highest BCUT2D eigenvalue weighted by Crippen LogP contribution is 2.29. The van der Waals surface area contributed by atoms with E-state index in [-0.39, 0.29) is 6.61 Å². The fourth-order valence-corrected chi connectivity index (χ4v) is 1.27. The quantitative estimate of drug-likeness (QED) is 0.742. The molecule has 0 radical (unpaired) electrons. The van der Waals surface area contributed by atoms with Crippen molar-refractivity contribution in [3.05, 3.63) is 35.4 Å². The van der Waals surface area contributed by atoms with Crippen LogP contribution in [0.25, 0.3) is 0 Å². The summed E-state index contributed by atoms with van der Waals surface area (Å²) in [5, 5.41) is 0. The predicted molar refractivity (Wildman–Crippen MR) is 59.7 cm³/mol. The van der Waals surface area contributed by atoms with E-state index in [9.17, 15) is 13.2 Å². The Kier molecular flexibility index (Phi) is 4.96. The van der Waals surface area contributed by atoms with Crippen molar-refractivity contribution in [3.8, 4) is 0 Å². The molecule has 0 N–H and O–H groups in total. The van der Waals surface area contributed by atoms with Gasteiger partial charge in [-0.2, -0.15) is 13.2 Å². The average Bonchev–Trinajstić information content (AvgIpc) is 2.23. The molecule has 96 valence electrons. The molecule has 0 saturated heterocycles. The topological polar surface area (TPSA) is 12.5 Å². The van der Waals surface area contributed by atoms with Crippen LogP contribution in [0.4, 0.5) is 13.2 Å². The van der Waals surface area contributed by atoms with Gasteiger partial charge in [-0.1, -0.05) is 12.1 Å². The van der Waals surface area contributed by atoms with E-state index >= 15 is 0 Å². The van der Waals surface area contributed by atoms with Gasteiger partial charge in [-0.15, -0.1) is 0 Å². The van der Waals surface area contributed by atoms with Crippen LogP contribution in [0.2, 0.25) is 0 Å². The van der Waals surface area contributed by atoms with Crippen LogP contribution in [0.1, 0.15) is 11.1 Å². The minimum absolute atomic E-state index is 0.206. The van der Waals surface area contributed by atoms with Gasteiger partial charge in [-0.05, 0) is 31.8 Å². The first-order valence-electron chi connectivity index (χ1n) is 5.28. The van der Waals surface area contributed by atoms with E-state index < -0.39 is 11.7 Å². The van der Waals surface area contributed by atoms with Gasteiger partial charge in [0.15, 0.2) is 0 Å². The monoisotopic (exact) mass is 247 g/mol. The third kappa shape index (κ3) is 5.19. The molecule has 0 amide bonds. The highest BCUT2D eigenvalue weighted by Gasteiger charge is 2.30. The van der Waals surface area contributed by atoms with Gasteiger partial charge in [0.25, 0.3) is 0 Å². The summed E-state index contributed by atoms with van der Waals surface area (Å²) in [6.07, 6.45) is -4.29. The summed E-state index contributed by atoms with van der Waals surface area (Å²) in [4.78, 5) is 1.95. The van der Waals surface area contributed by atoms with E-state index in [1.165, 1.54) is 6.07 Å². The summed E-state index contributed by atoms with van der Waals surface area (Å²) in [6.45, 7) is 1.46. The first-order chi connectivity index (χ1) is 7.89. The Morgan fingerprint density at radius 1 is 1.24 bits per heavy atom.